The maximum atomic E-state index is 9.45. The molecule has 3 rings (SSSR count). The number of anilines is 1. The monoisotopic (exact) mass is 242 g/mol. The summed E-state index contributed by atoms with van der Waals surface area (Å²) in [6.07, 6.45) is 0. The summed E-state index contributed by atoms with van der Waals surface area (Å²) in [5, 5.41) is 10.3. The molecule has 0 fully saturated rings. The van der Waals surface area contributed by atoms with Crippen LogP contribution in [0, 0.1) is 0 Å². The van der Waals surface area contributed by atoms with E-state index < -0.39 is 0 Å². The predicted molar refractivity (Wildman–Crippen MR) is 71.1 cm³/mol. The summed E-state index contributed by atoms with van der Waals surface area (Å²) in [5.41, 5.74) is 8.33. The Balaban J connectivity index is 2.18. The van der Waals surface area contributed by atoms with E-state index in [1.54, 1.807) is 23.5 Å². The first-order valence-corrected chi connectivity index (χ1v) is 5.99. The second-order valence-corrected chi connectivity index (χ2v) is 4.83. The molecular weight excluding hydrogens is 232 g/mol. The van der Waals surface area contributed by atoms with E-state index in [4.69, 9.17) is 5.73 Å². The highest BCUT2D eigenvalue weighted by Crippen LogP contribution is 2.32. The quantitative estimate of drug-likeness (QED) is 0.644. The smallest absolute Gasteiger partial charge is 0.124 e. The van der Waals surface area contributed by atoms with Crippen LogP contribution in [0.5, 0.6) is 5.75 Å². The number of phenolic OH excluding ortho intramolecular Hbond substituents is 1. The summed E-state index contributed by atoms with van der Waals surface area (Å²) in [6.45, 7) is 0. The number of nitrogen functional groups attached to an aromatic ring is 1. The van der Waals surface area contributed by atoms with E-state index in [0.717, 1.165) is 26.5 Å². The van der Waals surface area contributed by atoms with Crippen molar-refractivity contribution in [3.63, 3.8) is 0 Å². The van der Waals surface area contributed by atoms with E-state index in [-0.39, 0.29) is 5.75 Å². The molecule has 1 aromatic heterocycles. The Morgan fingerprint density at radius 1 is 1.12 bits per heavy atom. The third-order valence-electron chi connectivity index (χ3n) is 2.51. The highest BCUT2D eigenvalue weighted by Gasteiger charge is 2.06. The van der Waals surface area contributed by atoms with Gasteiger partial charge in [-0.2, -0.15) is 0 Å². The molecule has 0 radical (unpaired) electrons. The maximum Gasteiger partial charge on any atom is 0.124 e. The Morgan fingerprint density at radius 2 is 2.00 bits per heavy atom. The number of thiazole rings is 1. The number of aromatic hydroxyl groups is 1. The molecule has 0 saturated carbocycles. The minimum atomic E-state index is 0.251. The molecule has 84 valence electrons. The molecule has 0 bridgehead atoms. The van der Waals surface area contributed by atoms with E-state index in [9.17, 15) is 5.11 Å². The summed E-state index contributed by atoms with van der Waals surface area (Å²) in [7, 11) is 0. The van der Waals surface area contributed by atoms with Crippen LogP contribution in [0.1, 0.15) is 0 Å². The second kappa shape index (κ2) is 3.75. The molecule has 0 amide bonds. The highest BCUT2D eigenvalue weighted by molar-refractivity contribution is 7.21. The summed E-state index contributed by atoms with van der Waals surface area (Å²) in [5.74, 6) is 0.251. The lowest BCUT2D eigenvalue weighted by molar-refractivity contribution is 0.475. The maximum absolute atomic E-state index is 9.45. The van der Waals surface area contributed by atoms with Gasteiger partial charge in [0, 0.05) is 11.3 Å². The Labute approximate surface area is 102 Å². The van der Waals surface area contributed by atoms with Gasteiger partial charge in [-0.3, -0.25) is 0 Å². The zero-order valence-corrected chi connectivity index (χ0v) is 9.74. The van der Waals surface area contributed by atoms with Crippen molar-refractivity contribution in [3.8, 4) is 16.3 Å². The van der Waals surface area contributed by atoms with Crippen molar-refractivity contribution >= 4 is 27.2 Å². The molecule has 3 N–H and O–H groups in total. The number of hydrogen-bond acceptors (Lipinski definition) is 4. The first-order chi connectivity index (χ1) is 8.22. The van der Waals surface area contributed by atoms with E-state index in [1.807, 2.05) is 30.3 Å². The number of hydrogen-bond donors (Lipinski definition) is 2. The van der Waals surface area contributed by atoms with Gasteiger partial charge in [0.1, 0.15) is 10.8 Å². The van der Waals surface area contributed by atoms with Crippen LogP contribution in [0.2, 0.25) is 0 Å². The fourth-order valence-corrected chi connectivity index (χ4v) is 2.71. The fourth-order valence-electron chi connectivity index (χ4n) is 1.70. The van der Waals surface area contributed by atoms with Crippen molar-refractivity contribution in [1.29, 1.82) is 0 Å². The minimum absolute atomic E-state index is 0.251. The van der Waals surface area contributed by atoms with Crippen molar-refractivity contribution in [2.24, 2.45) is 0 Å². The van der Waals surface area contributed by atoms with Gasteiger partial charge >= 0.3 is 0 Å². The molecule has 4 heteroatoms. The molecule has 2 aromatic carbocycles. The molecule has 0 unspecified atom stereocenters. The number of nitrogens with two attached hydrogens (primary N) is 1. The molecular formula is C13H10N2OS. The van der Waals surface area contributed by atoms with Gasteiger partial charge in [0.25, 0.3) is 0 Å². The Morgan fingerprint density at radius 3 is 2.82 bits per heavy atom. The lowest BCUT2D eigenvalue weighted by Gasteiger charge is -1.95. The molecule has 3 aromatic rings. The van der Waals surface area contributed by atoms with Crippen molar-refractivity contribution in [1.82, 2.24) is 4.98 Å². The van der Waals surface area contributed by atoms with Gasteiger partial charge in [0.15, 0.2) is 0 Å². The minimum Gasteiger partial charge on any atom is -0.508 e. The van der Waals surface area contributed by atoms with Crippen molar-refractivity contribution < 1.29 is 5.11 Å². The SMILES string of the molecule is Nc1ccc2nc(-c3cccc(O)c3)sc2c1. The first-order valence-electron chi connectivity index (χ1n) is 5.18. The van der Waals surface area contributed by atoms with Crippen LogP contribution >= 0.6 is 11.3 Å². The third kappa shape index (κ3) is 1.83. The Bertz CT molecular complexity index is 691. The molecule has 0 aliphatic carbocycles. The summed E-state index contributed by atoms with van der Waals surface area (Å²) >= 11 is 1.57. The normalized spacial score (nSPS) is 10.8. The zero-order valence-electron chi connectivity index (χ0n) is 8.92. The second-order valence-electron chi connectivity index (χ2n) is 3.80. The number of rotatable bonds is 1. The van der Waals surface area contributed by atoms with E-state index in [0.29, 0.717) is 0 Å². The van der Waals surface area contributed by atoms with Gasteiger partial charge in [0.2, 0.25) is 0 Å². The Kier molecular flexibility index (Phi) is 2.23. The molecule has 3 nitrogen and oxygen atoms in total. The van der Waals surface area contributed by atoms with E-state index in [1.165, 1.54) is 0 Å². The number of aromatic nitrogens is 1. The number of nitrogens with zero attached hydrogens (tertiary/aromatic N) is 1. The standard InChI is InChI=1S/C13H10N2OS/c14-9-4-5-11-12(7-9)17-13(15-11)8-2-1-3-10(16)6-8/h1-7,16H,14H2. The molecule has 0 aliphatic rings. The number of fused-ring (bicyclic) bond motifs is 1. The first kappa shape index (κ1) is 10.1. The van der Waals surface area contributed by atoms with Crippen LogP contribution in [-0.2, 0) is 0 Å². The fraction of sp³-hybridized carbons (Fsp3) is 0. The topological polar surface area (TPSA) is 59.1 Å². The van der Waals surface area contributed by atoms with Crippen molar-refractivity contribution in [2.45, 2.75) is 0 Å². The van der Waals surface area contributed by atoms with Crippen molar-refractivity contribution in [2.75, 3.05) is 5.73 Å². The van der Waals surface area contributed by atoms with Crippen molar-refractivity contribution in [3.05, 3.63) is 42.5 Å². The summed E-state index contributed by atoms with van der Waals surface area (Å²) < 4.78 is 1.06. The van der Waals surface area contributed by atoms with Crippen LogP contribution in [0.25, 0.3) is 20.8 Å². The Hall–Kier alpha value is -2.07. The number of phenols is 1. The third-order valence-corrected chi connectivity index (χ3v) is 3.57. The van der Waals surface area contributed by atoms with Gasteiger partial charge in [-0.15, -0.1) is 11.3 Å². The van der Waals surface area contributed by atoms with Crippen LogP contribution in [0.4, 0.5) is 5.69 Å². The molecule has 1 heterocycles. The van der Waals surface area contributed by atoms with E-state index in [2.05, 4.69) is 4.98 Å². The van der Waals surface area contributed by atoms with Gasteiger partial charge in [-0.25, -0.2) is 4.98 Å². The summed E-state index contributed by atoms with van der Waals surface area (Å²) in [4.78, 5) is 4.52. The van der Waals surface area contributed by atoms with Gasteiger partial charge in [-0.1, -0.05) is 12.1 Å². The average molecular weight is 242 g/mol. The molecule has 0 spiro atoms. The van der Waals surface area contributed by atoms with Crippen LogP contribution in [-0.4, -0.2) is 10.1 Å². The highest BCUT2D eigenvalue weighted by atomic mass is 32.1. The average Bonchev–Trinajstić information content (AvgIpc) is 2.72. The lowest BCUT2D eigenvalue weighted by atomic mass is 10.2. The van der Waals surface area contributed by atoms with Crippen LogP contribution < -0.4 is 5.73 Å². The summed E-state index contributed by atoms with van der Waals surface area (Å²) in [6, 6.07) is 12.8. The van der Waals surface area contributed by atoms with Crippen LogP contribution in [0.15, 0.2) is 42.5 Å². The lowest BCUT2D eigenvalue weighted by Crippen LogP contribution is -1.81. The molecule has 17 heavy (non-hydrogen) atoms. The van der Waals surface area contributed by atoms with E-state index >= 15 is 0 Å². The largest absolute Gasteiger partial charge is 0.508 e. The van der Waals surface area contributed by atoms with Crippen LogP contribution in [0.3, 0.4) is 0 Å². The molecule has 0 atom stereocenters. The molecule has 0 aliphatic heterocycles. The number of benzene rings is 2. The van der Waals surface area contributed by atoms with Gasteiger partial charge in [-0.05, 0) is 30.3 Å². The van der Waals surface area contributed by atoms with Gasteiger partial charge in [0.05, 0.1) is 10.2 Å². The molecule has 0 saturated heterocycles. The van der Waals surface area contributed by atoms with Gasteiger partial charge < -0.3 is 10.8 Å². The zero-order chi connectivity index (χ0) is 11.8. The predicted octanol–water partition coefficient (Wildman–Crippen LogP) is 3.25.